The highest BCUT2D eigenvalue weighted by molar-refractivity contribution is 5.62. The Balaban J connectivity index is 2.31. The van der Waals surface area contributed by atoms with Gasteiger partial charge in [0.05, 0.1) is 12.6 Å². The molecule has 0 saturated carbocycles. The maximum Gasteiger partial charge on any atom is 0.294 e. The number of rotatable bonds is 2. The molecule has 1 heterocycles. The van der Waals surface area contributed by atoms with E-state index in [1.807, 2.05) is 0 Å². The molecule has 3 aromatic rings. The largest absolute Gasteiger partial charge is 0.294 e. The van der Waals surface area contributed by atoms with Crippen LogP contribution < -0.4 is 4.57 Å². The van der Waals surface area contributed by atoms with Crippen molar-refractivity contribution < 1.29 is 4.57 Å². The van der Waals surface area contributed by atoms with E-state index in [1.165, 1.54) is 33.8 Å². The normalized spacial score (nSPS) is 10.9. The Hall–Kier alpha value is -2.35. The van der Waals surface area contributed by atoms with Crippen molar-refractivity contribution in [3.63, 3.8) is 0 Å². The molecule has 0 atom stereocenters. The number of para-hydroxylation sites is 1. The lowest BCUT2D eigenvalue weighted by Crippen LogP contribution is -2.29. The Kier molecular flexibility index (Phi) is 3.38. The summed E-state index contributed by atoms with van der Waals surface area (Å²) in [6, 6.07) is 15.0. The third kappa shape index (κ3) is 2.27. The first-order chi connectivity index (χ1) is 10.1. The summed E-state index contributed by atoms with van der Waals surface area (Å²) in [6.45, 7) is 6.51. The molecule has 2 nitrogen and oxygen atoms in total. The molecule has 0 unspecified atom stereocenters. The van der Waals surface area contributed by atoms with Crippen molar-refractivity contribution in [2.75, 3.05) is 0 Å². The zero-order valence-corrected chi connectivity index (χ0v) is 13.1. The van der Waals surface area contributed by atoms with Crippen molar-refractivity contribution in [1.29, 1.82) is 0 Å². The summed E-state index contributed by atoms with van der Waals surface area (Å²) in [4.78, 5) is 0. The maximum absolute atomic E-state index is 2.30. The Morgan fingerprint density at radius 1 is 0.810 bits per heavy atom. The molecule has 21 heavy (non-hydrogen) atoms. The lowest BCUT2D eigenvalue weighted by molar-refractivity contribution is -0.659. The Morgan fingerprint density at radius 2 is 1.43 bits per heavy atom. The first kappa shape index (κ1) is 13.6. The fourth-order valence-corrected chi connectivity index (χ4v) is 2.99. The topological polar surface area (TPSA) is 8.81 Å². The van der Waals surface area contributed by atoms with Gasteiger partial charge in [-0.05, 0) is 43.5 Å². The molecule has 3 rings (SSSR count). The highest BCUT2D eigenvalue weighted by Gasteiger charge is 2.22. The van der Waals surface area contributed by atoms with Crippen LogP contribution in [0.4, 0.5) is 0 Å². The van der Waals surface area contributed by atoms with E-state index in [-0.39, 0.29) is 0 Å². The van der Waals surface area contributed by atoms with Crippen molar-refractivity contribution in [3.8, 4) is 17.1 Å². The summed E-state index contributed by atoms with van der Waals surface area (Å²) < 4.78 is 4.49. The SMILES string of the molecule is Cc1ccccc1-c1n(-c2c(C)cccc2C)cc[n+]1C. The number of hydrogen-bond acceptors (Lipinski definition) is 0. The highest BCUT2D eigenvalue weighted by Crippen LogP contribution is 2.26. The van der Waals surface area contributed by atoms with Gasteiger partial charge in [0.2, 0.25) is 0 Å². The summed E-state index contributed by atoms with van der Waals surface area (Å²) in [5.74, 6) is 1.21. The van der Waals surface area contributed by atoms with Crippen LogP contribution in [0.25, 0.3) is 17.1 Å². The van der Waals surface area contributed by atoms with E-state index in [4.69, 9.17) is 0 Å². The molecular formula is C19H21N2+. The molecule has 0 N–H and O–H groups in total. The van der Waals surface area contributed by atoms with Gasteiger partial charge in [0.15, 0.2) is 0 Å². The summed E-state index contributed by atoms with van der Waals surface area (Å²) in [6.07, 6.45) is 4.27. The molecule has 1 aromatic heterocycles. The van der Waals surface area contributed by atoms with Gasteiger partial charge in [-0.25, -0.2) is 4.57 Å². The van der Waals surface area contributed by atoms with Crippen LogP contribution in [0.2, 0.25) is 0 Å². The smallest absolute Gasteiger partial charge is 0.232 e. The number of aryl methyl sites for hydroxylation is 4. The lowest BCUT2D eigenvalue weighted by Gasteiger charge is -2.09. The second kappa shape index (κ2) is 5.21. The lowest BCUT2D eigenvalue weighted by atomic mass is 10.1. The molecule has 0 aliphatic rings. The number of benzene rings is 2. The molecule has 2 heteroatoms. The molecule has 0 fully saturated rings. The fourth-order valence-electron chi connectivity index (χ4n) is 2.99. The van der Waals surface area contributed by atoms with Crippen molar-refractivity contribution >= 4 is 0 Å². The van der Waals surface area contributed by atoms with E-state index in [0.29, 0.717) is 0 Å². The average Bonchev–Trinajstić information content (AvgIpc) is 2.81. The van der Waals surface area contributed by atoms with Crippen LogP contribution in [-0.4, -0.2) is 4.57 Å². The van der Waals surface area contributed by atoms with Crippen molar-refractivity contribution in [2.45, 2.75) is 20.8 Å². The number of hydrogen-bond donors (Lipinski definition) is 0. The molecule has 0 spiro atoms. The fraction of sp³-hybridized carbons (Fsp3) is 0.211. The van der Waals surface area contributed by atoms with E-state index >= 15 is 0 Å². The molecular weight excluding hydrogens is 256 g/mol. The Morgan fingerprint density at radius 3 is 2.10 bits per heavy atom. The summed E-state index contributed by atoms with van der Waals surface area (Å²) in [5, 5.41) is 0. The van der Waals surface area contributed by atoms with Crippen LogP contribution in [0.3, 0.4) is 0 Å². The second-order valence-corrected chi connectivity index (χ2v) is 5.66. The summed E-state index contributed by atoms with van der Waals surface area (Å²) >= 11 is 0. The van der Waals surface area contributed by atoms with Crippen molar-refractivity contribution in [3.05, 3.63) is 71.5 Å². The Labute approximate surface area is 126 Å². The van der Waals surface area contributed by atoms with Crippen LogP contribution >= 0.6 is 0 Å². The minimum absolute atomic E-state index is 1.21. The van der Waals surface area contributed by atoms with Crippen molar-refractivity contribution in [2.24, 2.45) is 7.05 Å². The predicted molar refractivity (Wildman–Crippen MR) is 86.6 cm³/mol. The van der Waals surface area contributed by atoms with Gasteiger partial charge in [-0.15, -0.1) is 0 Å². The van der Waals surface area contributed by atoms with Gasteiger partial charge in [0, 0.05) is 0 Å². The van der Waals surface area contributed by atoms with Gasteiger partial charge < -0.3 is 0 Å². The van der Waals surface area contributed by atoms with Crippen LogP contribution in [0.5, 0.6) is 0 Å². The van der Waals surface area contributed by atoms with Crippen LogP contribution in [0.15, 0.2) is 54.9 Å². The minimum Gasteiger partial charge on any atom is -0.232 e. The molecule has 0 radical (unpaired) electrons. The second-order valence-electron chi connectivity index (χ2n) is 5.66. The molecule has 0 bridgehead atoms. The van der Waals surface area contributed by atoms with E-state index in [2.05, 4.69) is 91.8 Å². The number of nitrogens with zero attached hydrogens (tertiary/aromatic N) is 2. The minimum atomic E-state index is 1.21. The molecule has 106 valence electrons. The van der Waals surface area contributed by atoms with Gasteiger partial charge >= 0.3 is 0 Å². The first-order valence-corrected chi connectivity index (χ1v) is 7.29. The number of aromatic nitrogens is 2. The van der Waals surface area contributed by atoms with Gasteiger partial charge in [0.1, 0.15) is 18.1 Å². The van der Waals surface area contributed by atoms with Gasteiger partial charge in [-0.2, -0.15) is 4.57 Å². The quantitative estimate of drug-likeness (QED) is 0.628. The molecule has 0 saturated heterocycles. The maximum atomic E-state index is 2.30. The van der Waals surface area contributed by atoms with Crippen LogP contribution in [0.1, 0.15) is 16.7 Å². The van der Waals surface area contributed by atoms with E-state index < -0.39 is 0 Å². The third-order valence-electron chi connectivity index (χ3n) is 4.07. The average molecular weight is 277 g/mol. The zero-order valence-electron chi connectivity index (χ0n) is 13.1. The standard InChI is InChI=1S/C19H21N2/c1-14-8-5-6-11-17(14)19-20(4)12-13-21(19)18-15(2)9-7-10-16(18)3/h5-13H,1-4H3/q+1. The first-order valence-electron chi connectivity index (χ1n) is 7.29. The van der Waals surface area contributed by atoms with E-state index in [1.54, 1.807) is 0 Å². The summed E-state index contributed by atoms with van der Waals surface area (Å²) in [5.41, 5.74) is 6.42. The zero-order chi connectivity index (χ0) is 15.0. The van der Waals surface area contributed by atoms with Gasteiger partial charge in [-0.3, -0.25) is 0 Å². The predicted octanol–water partition coefficient (Wildman–Crippen LogP) is 3.89. The van der Waals surface area contributed by atoms with Crippen LogP contribution in [0, 0.1) is 20.8 Å². The molecule has 0 amide bonds. The van der Waals surface area contributed by atoms with Crippen molar-refractivity contribution in [1.82, 2.24) is 4.57 Å². The van der Waals surface area contributed by atoms with Crippen LogP contribution in [-0.2, 0) is 7.05 Å². The molecule has 2 aromatic carbocycles. The highest BCUT2D eigenvalue weighted by atomic mass is 15.1. The van der Waals surface area contributed by atoms with E-state index in [9.17, 15) is 0 Å². The summed E-state index contributed by atoms with van der Waals surface area (Å²) in [7, 11) is 2.10. The molecule has 0 aliphatic carbocycles. The van der Waals surface area contributed by atoms with Gasteiger partial charge in [-0.1, -0.05) is 36.4 Å². The number of imidazole rings is 1. The van der Waals surface area contributed by atoms with Gasteiger partial charge in [0.25, 0.3) is 5.82 Å². The molecule has 0 aliphatic heterocycles. The Bertz CT molecular complexity index is 777. The monoisotopic (exact) mass is 277 g/mol. The van der Waals surface area contributed by atoms with E-state index in [0.717, 1.165) is 0 Å². The third-order valence-corrected chi connectivity index (χ3v) is 4.07.